The molecule has 2 rings (SSSR count). The zero-order valence-electron chi connectivity index (χ0n) is 8.40. The van der Waals surface area contributed by atoms with E-state index in [0.717, 1.165) is 15.7 Å². The zero-order chi connectivity index (χ0) is 11.4. The molecule has 1 heterocycles. The van der Waals surface area contributed by atoms with Crippen molar-refractivity contribution < 1.29 is 4.39 Å². The molecule has 0 unspecified atom stereocenters. The first-order valence-electron chi connectivity index (χ1n) is 4.79. The summed E-state index contributed by atoms with van der Waals surface area (Å²) >= 11 is 3.37. The molecular weight excluding hydrogens is 269 g/mol. The minimum atomic E-state index is -0.224. The molecule has 1 aromatic carbocycles. The van der Waals surface area contributed by atoms with E-state index in [4.69, 9.17) is 0 Å². The van der Waals surface area contributed by atoms with Crippen molar-refractivity contribution >= 4 is 28.1 Å². The third kappa shape index (κ3) is 3.00. The normalized spacial score (nSPS) is 10.9. The number of hydrogen-bond donors (Lipinski definition) is 0. The molecule has 0 amide bonds. The maximum Gasteiger partial charge on any atom is 0.123 e. The smallest absolute Gasteiger partial charge is 0.123 e. The van der Waals surface area contributed by atoms with Crippen LogP contribution < -0.4 is 0 Å². The average molecular weight is 278 g/mol. The summed E-state index contributed by atoms with van der Waals surface area (Å²) in [6.45, 7) is 0. The molecule has 0 bridgehead atoms. The minimum absolute atomic E-state index is 0.224. The molecule has 80 valence electrons. The minimum Gasteiger partial charge on any atom is -0.257 e. The molecular formula is C13H9BrFN. The lowest BCUT2D eigenvalue weighted by Crippen LogP contribution is -1.79. The number of benzene rings is 1. The van der Waals surface area contributed by atoms with Crippen molar-refractivity contribution in [3.63, 3.8) is 0 Å². The molecule has 0 saturated carbocycles. The molecule has 0 fully saturated rings. The first kappa shape index (κ1) is 11.0. The van der Waals surface area contributed by atoms with E-state index in [1.54, 1.807) is 18.3 Å². The molecule has 0 spiro atoms. The second kappa shape index (κ2) is 5.03. The van der Waals surface area contributed by atoms with Crippen molar-refractivity contribution in [3.05, 3.63) is 64.1 Å². The van der Waals surface area contributed by atoms with Crippen molar-refractivity contribution in [3.8, 4) is 0 Å². The Balaban J connectivity index is 2.18. The largest absolute Gasteiger partial charge is 0.257 e. The lowest BCUT2D eigenvalue weighted by molar-refractivity contribution is 0.628. The van der Waals surface area contributed by atoms with Gasteiger partial charge in [0.25, 0.3) is 0 Å². The maximum atomic E-state index is 12.7. The van der Waals surface area contributed by atoms with Gasteiger partial charge < -0.3 is 0 Å². The second-order valence-corrected chi connectivity index (χ2v) is 4.20. The Labute approximate surface area is 102 Å². The van der Waals surface area contributed by atoms with E-state index in [-0.39, 0.29) is 5.82 Å². The third-order valence-electron chi connectivity index (χ3n) is 2.06. The van der Waals surface area contributed by atoms with Crippen molar-refractivity contribution in [1.82, 2.24) is 4.98 Å². The van der Waals surface area contributed by atoms with Gasteiger partial charge in [-0.15, -0.1) is 0 Å². The summed E-state index contributed by atoms with van der Waals surface area (Å²) in [4.78, 5) is 4.18. The van der Waals surface area contributed by atoms with E-state index in [2.05, 4.69) is 20.9 Å². The lowest BCUT2D eigenvalue weighted by atomic mass is 10.2. The molecule has 1 aromatic heterocycles. The maximum absolute atomic E-state index is 12.7. The van der Waals surface area contributed by atoms with Crippen molar-refractivity contribution in [2.75, 3.05) is 0 Å². The van der Waals surface area contributed by atoms with Crippen molar-refractivity contribution in [2.24, 2.45) is 0 Å². The number of nitrogens with zero attached hydrogens (tertiary/aromatic N) is 1. The zero-order valence-corrected chi connectivity index (χ0v) is 9.99. The van der Waals surface area contributed by atoms with Gasteiger partial charge in [-0.1, -0.05) is 34.1 Å². The van der Waals surface area contributed by atoms with Gasteiger partial charge in [0, 0.05) is 10.7 Å². The van der Waals surface area contributed by atoms with E-state index in [1.165, 1.54) is 12.1 Å². The van der Waals surface area contributed by atoms with Gasteiger partial charge in [-0.25, -0.2) is 4.39 Å². The molecule has 0 aliphatic carbocycles. The molecule has 16 heavy (non-hydrogen) atoms. The van der Waals surface area contributed by atoms with Gasteiger partial charge in [0.05, 0.1) is 5.69 Å². The average Bonchev–Trinajstić information content (AvgIpc) is 2.28. The summed E-state index contributed by atoms with van der Waals surface area (Å²) in [5.74, 6) is -0.224. The van der Waals surface area contributed by atoms with Crippen LogP contribution in [0.4, 0.5) is 4.39 Å². The van der Waals surface area contributed by atoms with E-state index in [1.807, 2.05) is 24.3 Å². The monoisotopic (exact) mass is 277 g/mol. The number of hydrogen-bond acceptors (Lipinski definition) is 1. The fraction of sp³-hybridized carbons (Fsp3) is 0. The van der Waals surface area contributed by atoms with E-state index in [9.17, 15) is 4.39 Å². The van der Waals surface area contributed by atoms with Crippen LogP contribution in [0.1, 0.15) is 11.3 Å². The Morgan fingerprint density at radius 1 is 1.06 bits per heavy atom. The highest BCUT2D eigenvalue weighted by Crippen LogP contribution is 2.12. The van der Waals surface area contributed by atoms with Crippen LogP contribution in [-0.4, -0.2) is 4.98 Å². The Hall–Kier alpha value is -1.48. The van der Waals surface area contributed by atoms with Gasteiger partial charge in [0.2, 0.25) is 0 Å². The summed E-state index contributed by atoms with van der Waals surface area (Å²) in [7, 11) is 0. The van der Waals surface area contributed by atoms with Gasteiger partial charge in [-0.3, -0.25) is 4.98 Å². The molecule has 0 aliphatic rings. The highest BCUT2D eigenvalue weighted by molar-refractivity contribution is 9.10. The fourth-order valence-corrected chi connectivity index (χ4v) is 1.62. The van der Waals surface area contributed by atoms with Gasteiger partial charge in [0.15, 0.2) is 0 Å². The van der Waals surface area contributed by atoms with Gasteiger partial charge >= 0.3 is 0 Å². The molecule has 3 heteroatoms. The Kier molecular flexibility index (Phi) is 3.47. The Bertz CT molecular complexity index is 506. The Morgan fingerprint density at radius 3 is 2.50 bits per heavy atom. The molecule has 0 radical (unpaired) electrons. The predicted octanol–water partition coefficient (Wildman–Crippen LogP) is 4.15. The highest BCUT2D eigenvalue weighted by Gasteiger charge is 1.91. The van der Waals surface area contributed by atoms with Crippen LogP contribution in [-0.2, 0) is 0 Å². The fourth-order valence-electron chi connectivity index (χ4n) is 1.27. The van der Waals surface area contributed by atoms with Crippen LogP contribution >= 0.6 is 15.9 Å². The topological polar surface area (TPSA) is 12.9 Å². The van der Waals surface area contributed by atoms with E-state index >= 15 is 0 Å². The summed E-state index contributed by atoms with van der Waals surface area (Å²) < 4.78 is 13.6. The van der Waals surface area contributed by atoms with Gasteiger partial charge in [-0.05, 0) is 35.9 Å². The second-order valence-electron chi connectivity index (χ2n) is 3.28. The van der Waals surface area contributed by atoms with Crippen LogP contribution in [0, 0.1) is 5.82 Å². The summed E-state index contributed by atoms with van der Waals surface area (Å²) in [6.07, 6.45) is 5.51. The molecule has 1 nitrogen and oxygen atoms in total. The number of rotatable bonds is 2. The van der Waals surface area contributed by atoms with Crippen LogP contribution in [0.5, 0.6) is 0 Å². The number of aromatic nitrogens is 1. The van der Waals surface area contributed by atoms with Crippen LogP contribution in [0.15, 0.2) is 47.1 Å². The summed E-state index contributed by atoms with van der Waals surface area (Å²) in [5.41, 5.74) is 1.81. The third-order valence-corrected chi connectivity index (χ3v) is 2.55. The van der Waals surface area contributed by atoms with Gasteiger partial charge in [-0.2, -0.15) is 0 Å². The van der Waals surface area contributed by atoms with Crippen LogP contribution in [0.25, 0.3) is 12.2 Å². The molecule has 0 aliphatic heterocycles. The van der Waals surface area contributed by atoms with Crippen molar-refractivity contribution in [1.29, 1.82) is 0 Å². The van der Waals surface area contributed by atoms with E-state index in [0.29, 0.717) is 0 Å². The van der Waals surface area contributed by atoms with Crippen LogP contribution in [0.3, 0.4) is 0 Å². The number of pyridine rings is 1. The summed E-state index contributed by atoms with van der Waals surface area (Å²) in [6, 6.07) is 10.1. The summed E-state index contributed by atoms with van der Waals surface area (Å²) in [5, 5.41) is 0. The van der Waals surface area contributed by atoms with E-state index < -0.39 is 0 Å². The first-order chi connectivity index (χ1) is 7.74. The van der Waals surface area contributed by atoms with Crippen LogP contribution in [0.2, 0.25) is 0 Å². The molecule has 0 N–H and O–H groups in total. The highest BCUT2D eigenvalue weighted by atomic mass is 79.9. The predicted molar refractivity (Wildman–Crippen MR) is 67.3 cm³/mol. The quantitative estimate of drug-likeness (QED) is 0.804. The molecule has 2 aromatic rings. The standard InChI is InChI=1S/C13H9BrFN/c14-11-7-8-16-13(9-11)6-3-10-1-4-12(15)5-2-10/h1-9H. The molecule has 0 saturated heterocycles. The number of halogens is 2. The first-order valence-corrected chi connectivity index (χ1v) is 5.58. The SMILES string of the molecule is Fc1ccc(C=Cc2cc(Br)ccn2)cc1. The van der Waals surface area contributed by atoms with Crippen molar-refractivity contribution in [2.45, 2.75) is 0 Å². The lowest BCUT2D eigenvalue weighted by Gasteiger charge is -1.95. The Morgan fingerprint density at radius 2 is 1.81 bits per heavy atom. The van der Waals surface area contributed by atoms with Gasteiger partial charge in [0.1, 0.15) is 5.82 Å². The molecule has 0 atom stereocenters.